The zero-order chi connectivity index (χ0) is 8.97. The second-order valence-corrected chi connectivity index (χ2v) is 3.51. The molecule has 0 radical (unpaired) electrons. The smallest absolute Gasteiger partial charge is 0.0625 e. The minimum absolute atomic E-state index is 0.330. The van der Waals surface area contributed by atoms with Crippen LogP contribution >= 0.6 is 0 Å². The summed E-state index contributed by atoms with van der Waals surface area (Å²) in [5.74, 6) is 0. The molecule has 1 saturated heterocycles. The van der Waals surface area contributed by atoms with Crippen molar-refractivity contribution in [3.63, 3.8) is 0 Å². The summed E-state index contributed by atoms with van der Waals surface area (Å²) >= 11 is 0. The van der Waals surface area contributed by atoms with Crippen LogP contribution in [0, 0.1) is 0 Å². The maximum atomic E-state index is 5.59. The molecule has 2 atom stereocenters. The predicted molar refractivity (Wildman–Crippen MR) is 48.0 cm³/mol. The van der Waals surface area contributed by atoms with Crippen molar-refractivity contribution in [1.82, 2.24) is 0 Å². The van der Waals surface area contributed by atoms with Crippen LogP contribution in [0.15, 0.2) is 0 Å². The van der Waals surface area contributed by atoms with Crippen molar-refractivity contribution in [2.45, 2.75) is 45.0 Å². The Morgan fingerprint density at radius 2 is 1.92 bits per heavy atom. The molecular weight excluding hydrogens is 154 g/mol. The third kappa shape index (κ3) is 3.09. The van der Waals surface area contributed by atoms with Crippen LogP contribution in [0.3, 0.4) is 0 Å². The molecule has 12 heavy (non-hydrogen) atoms. The monoisotopic (exact) mass is 173 g/mol. The first-order valence-electron chi connectivity index (χ1n) is 4.69. The molecule has 2 N–H and O–H groups in total. The molecule has 0 aromatic rings. The average Bonchev–Trinajstić information content (AvgIpc) is 1.99. The van der Waals surface area contributed by atoms with Crippen molar-refractivity contribution >= 4 is 0 Å². The Bertz CT molecular complexity index is 120. The first kappa shape index (κ1) is 9.96. The van der Waals surface area contributed by atoms with Gasteiger partial charge < -0.3 is 15.2 Å². The second-order valence-electron chi connectivity index (χ2n) is 3.51. The third-order valence-electron chi connectivity index (χ3n) is 2.13. The number of rotatable bonds is 3. The maximum Gasteiger partial charge on any atom is 0.0625 e. The first-order chi connectivity index (χ1) is 5.72. The summed E-state index contributed by atoms with van der Waals surface area (Å²) < 4.78 is 11.2. The molecule has 3 heteroatoms. The lowest BCUT2D eigenvalue weighted by atomic mass is 10.0. The van der Waals surface area contributed by atoms with E-state index in [1.165, 1.54) is 0 Å². The summed E-state index contributed by atoms with van der Waals surface area (Å²) in [4.78, 5) is 0. The number of ether oxygens (including phenoxy) is 2. The van der Waals surface area contributed by atoms with Gasteiger partial charge >= 0.3 is 0 Å². The van der Waals surface area contributed by atoms with Crippen LogP contribution in [0.2, 0.25) is 0 Å². The highest BCUT2D eigenvalue weighted by Gasteiger charge is 2.24. The molecule has 0 bridgehead atoms. The van der Waals surface area contributed by atoms with Gasteiger partial charge in [0.2, 0.25) is 0 Å². The fourth-order valence-corrected chi connectivity index (χ4v) is 1.72. The zero-order valence-electron chi connectivity index (χ0n) is 7.95. The van der Waals surface area contributed by atoms with Crippen molar-refractivity contribution in [3.05, 3.63) is 0 Å². The van der Waals surface area contributed by atoms with Crippen LogP contribution in [-0.4, -0.2) is 31.5 Å². The molecule has 1 rings (SSSR count). The quantitative estimate of drug-likeness (QED) is 0.690. The maximum absolute atomic E-state index is 5.59. The normalized spacial score (nSPS) is 36.8. The third-order valence-corrected chi connectivity index (χ3v) is 2.13. The predicted octanol–water partition coefficient (Wildman–Crippen LogP) is 0.918. The molecule has 0 saturated carbocycles. The van der Waals surface area contributed by atoms with Gasteiger partial charge in [-0.2, -0.15) is 0 Å². The molecule has 72 valence electrons. The Morgan fingerprint density at radius 1 is 1.33 bits per heavy atom. The van der Waals surface area contributed by atoms with Crippen LogP contribution in [0.5, 0.6) is 0 Å². The Kier molecular flexibility index (Phi) is 3.98. The van der Waals surface area contributed by atoms with Crippen molar-refractivity contribution in [2.24, 2.45) is 5.73 Å². The van der Waals surface area contributed by atoms with Gasteiger partial charge in [0.25, 0.3) is 0 Å². The lowest BCUT2D eigenvalue weighted by molar-refractivity contribution is -0.100. The van der Waals surface area contributed by atoms with Gasteiger partial charge in [0.05, 0.1) is 24.9 Å². The Balaban J connectivity index is 2.24. The molecule has 1 fully saturated rings. The van der Waals surface area contributed by atoms with Crippen molar-refractivity contribution < 1.29 is 9.47 Å². The van der Waals surface area contributed by atoms with E-state index in [0.717, 1.165) is 12.8 Å². The SMILES string of the molecule is CC1CC(OCCN)CC(C)O1. The minimum atomic E-state index is 0.330. The summed E-state index contributed by atoms with van der Waals surface area (Å²) in [5.41, 5.74) is 5.36. The molecule has 0 aliphatic carbocycles. The molecule has 0 aromatic carbocycles. The summed E-state index contributed by atoms with van der Waals surface area (Å²) in [6.45, 7) is 5.47. The van der Waals surface area contributed by atoms with Gasteiger partial charge in [-0.05, 0) is 26.7 Å². The van der Waals surface area contributed by atoms with Crippen LogP contribution in [0.4, 0.5) is 0 Å². The van der Waals surface area contributed by atoms with Gasteiger partial charge in [0.15, 0.2) is 0 Å². The summed E-state index contributed by atoms with van der Waals surface area (Å²) in [5, 5.41) is 0. The van der Waals surface area contributed by atoms with Gasteiger partial charge in [0.1, 0.15) is 0 Å². The molecule has 0 spiro atoms. The number of nitrogens with two attached hydrogens (primary N) is 1. The van der Waals surface area contributed by atoms with E-state index >= 15 is 0 Å². The van der Waals surface area contributed by atoms with Gasteiger partial charge in [-0.15, -0.1) is 0 Å². The van der Waals surface area contributed by atoms with E-state index in [-0.39, 0.29) is 0 Å². The minimum Gasteiger partial charge on any atom is -0.377 e. The molecule has 1 aliphatic rings. The van der Waals surface area contributed by atoms with Crippen LogP contribution in [0.1, 0.15) is 26.7 Å². The van der Waals surface area contributed by atoms with Gasteiger partial charge in [-0.3, -0.25) is 0 Å². The van der Waals surface area contributed by atoms with Crippen LogP contribution < -0.4 is 5.73 Å². The molecule has 0 amide bonds. The van der Waals surface area contributed by atoms with Crippen LogP contribution in [-0.2, 0) is 9.47 Å². The fraction of sp³-hybridized carbons (Fsp3) is 1.00. The van der Waals surface area contributed by atoms with E-state index in [1.54, 1.807) is 0 Å². The highest BCUT2D eigenvalue weighted by atomic mass is 16.5. The Labute approximate surface area is 74.2 Å². The standard InChI is InChI=1S/C9H19NO2/c1-7-5-9(11-4-3-10)6-8(2)12-7/h7-9H,3-6,10H2,1-2H3. The molecule has 2 unspecified atom stereocenters. The van der Waals surface area contributed by atoms with Gasteiger partial charge in [-0.1, -0.05) is 0 Å². The lowest BCUT2D eigenvalue weighted by Crippen LogP contribution is -2.34. The molecular formula is C9H19NO2. The van der Waals surface area contributed by atoms with E-state index < -0.39 is 0 Å². The van der Waals surface area contributed by atoms with Crippen molar-refractivity contribution in [2.75, 3.05) is 13.2 Å². The Hall–Kier alpha value is -0.120. The van der Waals surface area contributed by atoms with E-state index in [4.69, 9.17) is 15.2 Å². The van der Waals surface area contributed by atoms with Gasteiger partial charge in [0, 0.05) is 6.54 Å². The van der Waals surface area contributed by atoms with Crippen molar-refractivity contribution in [1.29, 1.82) is 0 Å². The van der Waals surface area contributed by atoms with Crippen molar-refractivity contribution in [3.8, 4) is 0 Å². The fourth-order valence-electron chi connectivity index (χ4n) is 1.72. The van der Waals surface area contributed by atoms with E-state index in [0.29, 0.717) is 31.5 Å². The number of hydrogen-bond acceptors (Lipinski definition) is 3. The topological polar surface area (TPSA) is 44.5 Å². The number of hydrogen-bond donors (Lipinski definition) is 1. The highest BCUT2D eigenvalue weighted by Crippen LogP contribution is 2.21. The van der Waals surface area contributed by atoms with E-state index in [2.05, 4.69) is 13.8 Å². The highest BCUT2D eigenvalue weighted by molar-refractivity contribution is 4.73. The molecule has 1 heterocycles. The van der Waals surface area contributed by atoms with E-state index in [1.807, 2.05) is 0 Å². The average molecular weight is 173 g/mol. The summed E-state index contributed by atoms with van der Waals surface area (Å²) in [6.07, 6.45) is 3.02. The van der Waals surface area contributed by atoms with Crippen LogP contribution in [0.25, 0.3) is 0 Å². The largest absolute Gasteiger partial charge is 0.377 e. The Morgan fingerprint density at radius 3 is 2.42 bits per heavy atom. The lowest BCUT2D eigenvalue weighted by Gasteiger charge is -2.31. The zero-order valence-corrected chi connectivity index (χ0v) is 7.95. The molecule has 1 aliphatic heterocycles. The molecule has 0 aromatic heterocycles. The summed E-state index contributed by atoms with van der Waals surface area (Å²) in [6, 6.07) is 0. The second kappa shape index (κ2) is 4.80. The first-order valence-corrected chi connectivity index (χ1v) is 4.69. The summed E-state index contributed by atoms with van der Waals surface area (Å²) in [7, 11) is 0. The van der Waals surface area contributed by atoms with Gasteiger partial charge in [-0.25, -0.2) is 0 Å². The van der Waals surface area contributed by atoms with E-state index in [9.17, 15) is 0 Å². The molecule has 3 nitrogen and oxygen atoms in total.